The Bertz CT molecular complexity index is 387. The molecule has 2 aliphatic heterocycles. The van der Waals surface area contributed by atoms with Gasteiger partial charge in [-0.25, -0.2) is 4.79 Å². The van der Waals surface area contributed by atoms with Crippen molar-refractivity contribution in [2.24, 2.45) is 5.92 Å². The monoisotopic (exact) mass is 296 g/mol. The number of rotatable bonds is 2. The molecule has 0 aromatic heterocycles. The molecule has 5 nitrogen and oxygen atoms in total. The summed E-state index contributed by atoms with van der Waals surface area (Å²) < 4.78 is 11.8. The third kappa shape index (κ3) is 3.51. The molecule has 3 aliphatic rings. The van der Waals surface area contributed by atoms with Crippen molar-refractivity contribution in [3.05, 3.63) is 0 Å². The van der Waals surface area contributed by atoms with Gasteiger partial charge in [0.1, 0.15) is 5.60 Å². The highest BCUT2D eigenvalue weighted by molar-refractivity contribution is 5.69. The first-order chi connectivity index (χ1) is 9.92. The Morgan fingerprint density at radius 2 is 1.90 bits per heavy atom. The van der Waals surface area contributed by atoms with Gasteiger partial charge in [-0.15, -0.1) is 0 Å². The van der Waals surface area contributed by atoms with E-state index in [4.69, 9.17) is 9.47 Å². The van der Waals surface area contributed by atoms with Crippen LogP contribution in [0.5, 0.6) is 0 Å². The van der Waals surface area contributed by atoms with Crippen molar-refractivity contribution in [2.75, 3.05) is 19.6 Å². The summed E-state index contributed by atoms with van der Waals surface area (Å²) in [6.07, 6.45) is 4.88. The Hall–Kier alpha value is -0.810. The van der Waals surface area contributed by atoms with Crippen LogP contribution in [-0.2, 0) is 9.47 Å². The number of nitrogens with zero attached hydrogens (tertiary/aromatic N) is 1. The van der Waals surface area contributed by atoms with Gasteiger partial charge in [0.05, 0.1) is 12.2 Å². The van der Waals surface area contributed by atoms with Crippen molar-refractivity contribution in [2.45, 2.75) is 70.3 Å². The Morgan fingerprint density at radius 1 is 1.19 bits per heavy atom. The molecule has 2 heterocycles. The smallest absolute Gasteiger partial charge is 0.410 e. The lowest BCUT2D eigenvalue weighted by Crippen LogP contribution is -2.46. The van der Waals surface area contributed by atoms with Gasteiger partial charge >= 0.3 is 6.09 Å². The maximum absolute atomic E-state index is 12.2. The second-order valence-electron chi connectivity index (χ2n) is 7.64. The lowest BCUT2D eigenvalue weighted by Gasteiger charge is -2.35. The molecule has 1 N–H and O–H groups in total. The third-order valence-corrected chi connectivity index (χ3v) is 4.76. The number of piperidine rings is 2. The van der Waals surface area contributed by atoms with Crippen LogP contribution in [0.15, 0.2) is 0 Å². The number of hydrogen-bond acceptors (Lipinski definition) is 4. The summed E-state index contributed by atoms with van der Waals surface area (Å²) >= 11 is 0. The van der Waals surface area contributed by atoms with Crippen LogP contribution in [-0.4, -0.2) is 54.5 Å². The van der Waals surface area contributed by atoms with Gasteiger partial charge in [-0.2, -0.15) is 0 Å². The molecule has 0 aromatic carbocycles. The van der Waals surface area contributed by atoms with Gasteiger partial charge < -0.3 is 19.7 Å². The molecule has 1 saturated carbocycles. The summed E-state index contributed by atoms with van der Waals surface area (Å²) in [4.78, 5) is 14.1. The van der Waals surface area contributed by atoms with Crippen LogP contribution < -0.4 is 5.32 Å². The highest BCUT2D eigenvalue weighted by Gasteiger charge is 2.48. The Labute approximate surface area is 127 Å². The fraction of sp³-hybridized carbons (Fsp3) is 0.938. The quantitative estimate of drug-likeness (QED) is 0.848. The summed E-state index contributed by atoms with van der Waals surface area (Å²) in [5.74, 6) is 0.498. The van der Waals surface area contributed by atoms with E-state index in [1.54, 1.807) is 0 Å². The van der Waals surface area contributed by atoms with E-state index in [1.807, 2.05) is 25.7 Å². The number of carbonyl (C=O) groups excluding carboxylic acids is 1. The number of ether oxygens (including phenoxy) is 2. The summed E-state index contributed by atoms with van der Waals surface area (Å²) in [6.45, 7) is 8.69. The van der Waals surface area contributed by atoms with Crippen LogP contribution in [0.25, 0.3) is 0 Å². The molecule has 3 fully saturated rings. The Kier molecular flexibility index (Phi) is 4.14. The number of carbonyl (C=O) groups is 1. The molecule has 1 aliphatic carbocycles. The standard InChI is InChI=1S/C16H28N2O3/c1-16(2,3)21-15(19)18-10-11-8-12(18)9-14(11)20-13-4-6-17-7-5-13/h11-14,17H,4-10H2,1-3H3/t11-,12-,14-/m0/s1. The average molecular weight is 296 g/mol. The van der Waals surface area contributed by atoms with Crippen molar-refractivity contribution in [3.63, 3.8) is 0 Å². The molecule has 21 heavy (non-hydrogen) atoms. The lowest BCUT2D eigenvalue weighted by molar-refractivity contribution is -0.0614. The number of amides is 1. The first-order valence-electron chi connectivity index (χ1n) is 8.28. The van der Waals surface area contributed by atoms with Gasteiger partial charge in [0, 0.05) is 18.5 Å². The molecule has 2 saturated heterocycles. The van der Waals surface area contributed by atoms with E-state index < -0.39 is 5.60 Å². The van der Waals surface area contributed by atoms with Gasteiger partial charge in [-0.3, -0.25) is 0 Å². The normalized spacial score (nSPS) is 33.5. The van der Waals surface area contributed by atoms with Crippen LogP contribution in [0.3, 0.4) is 0 Å². The van der Waals surface area contributed by atoms with Gasteiger partial charge in [-0.1, -0.05) is 0 Å². The summed E-state index contributed by atoms with van der Waals surface area (Å²) in [7, 11) is 0. The van der Waals surface area contributed by atoms with Crippen molar-refractivity contribution >= 4 is 6.09 Å². The van der Waals surface area contributed by atoms with Crippen LogP contribution in [0.1, 0.15) is 46.5 Å². The highest BCUT2D eigenvalue weighted by Crippen LogP contribution is 2.41. The zero-order valence-corrected chi connectivity index (χ0v) is 13.4. The molecular formula is C16H28N2O3. The topological polar surface area (TPSA) is 50.8 Å². The fourth-order valence-electron chi connectivity index (χ4n) is 3.80. The van der Waals surface area contributed by atoms with Crippen LogP contribution in [0.2, 0.25) is 0 Å². The maximum atomic E-state index is 12.2. The second-order valence-corrected chi connectivity index (χ2v) is 7.64. The van der Waals surface area contributed by atoms with Crippen LogP contribution >= 0.6 is 0 Å². The van der Waals surface area contributed by atoms with E-state index in [9.17, 15) is 4.79 Å². The van der Waals surface area contributed by atoms with Crippen LogP contribution in [0, 0.1) is 5.92 Å². The molecule has 3 atom stereocenters. The first-order valence-corrected chi connectivity index (χ1v) is 8.28. The van der Waals surface area contributed by atoms with Crippen molar-refractivity contribution in [1.29, 1.82) is 0 Å². The molecule has 120 valence electrons. The molecule has 0 unspecified atom stereocenters. The molecule has 0 spiro atoms. The largest absolute Gasteiger partial charge is 0.444 e. The van der Waals surface area contributed by atoms with Crippen LogP contribution in [0.4, 0.5) is 4.79 Å². The molecule has 0 aromatic rings. The van der Waals surface area contributed by atoms with Gasteiger partial charge in [0.15, 0.2) is 0 Å². The Morgan fingerprint density at radius 3 is 2.48 bits per heavy atom. The number of nitrogens with one attached hydrogen (secondary N) is 1. The highest BCUT2D eigenvalue weighted by atomic mass is 16.6. The van der Waals surface area contributed by atoms with Crippen molar-refractivity contribution < 1.29 is 14.3 Å². The van der Waals surface area contributed by atoms with Gasteiger partial charge in [0.25, 0.3) is 0 Å². The SMILES string of the molecule is CC(C)(C)OC(=O)N1C[C@@H]2C[C@H]1C[C@@H]2OC1CCNCC1. The van der Waals surface area contributed by atoms with E-state index in [2.05, 4.69) is 5.32 Å². The minimum atomic E-state index is -0.413. The van der Waals surface area contributed by atoms with E-state index in [0.717, 1.165) is 45.3 Å². The fourth-order valence-corrected chi connectivity index (χ4v) is 3.80. The minimum absolute atomic E-state index is 0.157. The summed E-state index contributed by atoms with van der Waals surface area (Å²) in [5.41, 5.74) is -0.413. The lowest BCUT2D eigenvalue weighted by atomic mass is 10.0. The Balaban J connectivity index is 1.50. The summed E-state index contributed by atoms with van der Waals surface area (Å²) in [6, 6.07) is 0.316. The average Bonchev–Trinajstić information content (AvgIpc) is 2.97. The van der Waals surface area contributed by atoms with Crippen molar-refractivity contribution in [1.82, 2.24) is 10.2 Å². The van der Waals surface area contributed by atoms with Gasteiger partial charge in [0.2, 0.25) is 0 Å². The maximum Gasteiger partial charge on any atom is 0.410 e. The minimum Gasteiger partial charge on any atom is -0.444 e. The molecule has 5 heteroatoms. The number of likely N-dealkylation sites (tertiary alicyclic amines) is 1. The van der Waals surface area contributed by atoms with E-state index >= 15 is 0 Å². The second kappa shape index (κ2) is 5.76. The number of hydrogen-bond donors (Lipinski definition) is 1. The predicted octanol–water partition coefficient (Wildman–Crippen LogP) is 2.15. The predicted molar refractivity (Wildman–Crippen MR) is 80.2 cm³/mol. The number of fused-ring (bicyclic) bond motifs is 2. The summed E-state index contributed by atoms with van der Waals surface area (Å²) in [5, 5.41) is 3.37. The molecule has 1 amide bonds. The van der Waals surface area contributed by atoms with E-state index in [0.29, 0.717) is 24.2 Å². The first kappa shape index (κ1) is 15.1. The zero-order valence-electron chi connectivity index (χ0n) is 13.4. The van der Waals surface area contributed by atoms with Crippen molar-refractivity contribution in [3.8, 4) is 0 Å². The van der Waals surface area contributed by atoms with E-state index in [-0.39, 0.29) is 6.09 Å². The third-order valence-electron chi connectivity index (χ3n) is 4.76. The zero-order chi connectivity index (χ0) is 15.0. The molecular weight excluding hydrogens is 268 g/mol. The van der Waals surface area contributed by atoms with Gasteiger partial charge in [-0.05, 0) is 59.5 Å². The molecule has 3 rings (SSSR count). The molecule has 2 bridgehead atoms. The van der Waals surface area contributed by atoms with E-state index in [1.165, 1.54) is 0 Å². The molecule has 0 radical (unpaired) electrons.